The van der Waals surface area contributed by atoms with E-state index in [1.165, 1.54) is 75.1 Å². The predicted octanol–water partition coefficient (Wildman–Crippen LogP) is 13.3. The van der Waals surface area contributed by atoms with Gasteiger partial charge in [-0.05, 0) is 53.2 Å². The Kier molecular flexibility index (Phi) is 5.34. The van der Waals surface area contributed by atoms with E-state index in [4.69, 9.17) is 9.97 Å². The molecule has 0 saturated carbocycles. The molecule has 0 aliphatic carbocycles. The number of rotatable bonds is 2. The van der Waals surface area contributed by atoms with Gasteiger partial charge in [0.05, 0.1) is 48.8 Å². The van der Waals surface area contributed by atoms with Crippen molar-refractivity contribution in [3.8, 4) is 11.8 Å². The van der Waals surface area contributed by atoms with Gasteiger partial charge in [-0.3, -0.25) is 9.13 Å². The molecule has 8 aromatic carbocycles. The molecule has 0 amide bonds. The third-order valence-corrected chi connectivity index (χ3v) is 13.3. The van der Waals surface area contributed by atoms with E-state index in [9.17, 15) is 0 Å². The molecule has 0 aliphatic rings. The van der Waals surface area contributed by atoms with Gasteiger partial charge >= 0.3 is 0 Å². The van der Waals surface area contributed by atoms with Gasteiger partial charge in [0.1, 0.15) is 0 Å². The van der Waals surface area contributed by atoms with Crippen LogP contribution in [0.5, 0.6) is 0 Å². The van der Waals surface area contributed by atoms with Gasteiger partial charge in [-0.1, -0.05) is 121 Å². The molecule has 258 valence electrons. The zero-order valence-electron chi connectivity index (χ0n) is 29.7. The Balaban J connectivity index is 1.24. The first kappa shape index (κ1) is 29.1. The first-order valence-electron chi connectivity index (χ1n) is 19.0. The van der Waals surface area contributed by atoms with Crippen LogP contribution in [0.1, 0.15) is 0 Å². The largest absolute Gasteiger partial charge is 0.308 e. The summed E-state index contributed by atoms with van der Waals surface area (Å²) in [6.45, 7) is 0. The first-order valence-corrected chi connectivity index (χ1v) is 19.8. The van der Waals surface area contributed by atoms with E-state index in [1.807, 2.05) is 0 Å². The van der Waals surface area contributed by atoms with Crippen LogP contribution in [-0.2, 0) is 0 Å². The smallest absolute Gasteiger partial charge is 0.237 e. The van der Waals surface area contributed by atoms with Crippen molar-refractivity contribution in [2.45, 2.75) is 0 Å². The molecule has 6 aromatic heterocycles. The maximum Gasteiger partial charge on any atom is 0.237 e. The highest BCUT2D eigenvalue weighted by molar-refractivity contribution is 7.26. The highest BCUT2D eigenvalue weighted by Crippen LogP contribution is 2.48. The van der Waals surface area contributed by atoms with Gasteiger partial charge in [0.2, 0.25) is 5.95 Å². The van der Waals surface area contributed by atoms with Crippen molar-refractivity contribution < 1.29 is 0 Å². The van der Waals surface area contributed by atoms with Crippen LogP contribution in [-0.4, -0.2) is 23.5 Å². The van der Waals surface area contributed by atoms with Gasteiger partial charge in [0.25, 0.3) is 0 Å². The maximum absolute atomic E-state index is 5.73. The van der Waals surface area contributed by atoms with Gasteiger partial charge in [0.15, 0.2) is 5.82 Å². The second-order valence-electron chi connectivity index (χ2n) is 14.9. The predicted molar refractivity (Wildman–Crippen MR) is 236 cm³/mol. The molecule has 6 heteroatoms. The summed E-state index contributed by atoms with van der Waals surface area (Å²) in [4.78, 5) is 11.3. The Labute approximate surface area is 321 Å². The molecule has 0 fully saturated rings. The van der Waals surface area contributed by atoms with Crippen LogP contribution in [0.25, 0.3) is 125 Å². The Bertz CT molecular complexity index is 3960. The quantitative estimate of drug-likeness (QED) is 0.178. The molecule has 56 heavy (non-hydrogen) atoms. The number of hydrogen-bond donors (Lipinski definition) is 0. The molecule has 0 unspecified atom stereocenters. The number of thiophene rings is 1. The fraction of sp³-hybridized carbons (Fsp3) is 0. The zero-order chi connectivity index (χ0) is 36.2. The van der Waals surface area contributed by atoms with E-state index in [2.05, 4.69) is 177 Å². The van der Waals surface area contributed by atoms with Crippen molar-refractivity contribution in [2.24, 2.45) is 0 Å². The van der Waals surface area contributed by atoms with Gasteiger partial charge in [-0.15, -0.1) is 11.3 Å². The lowest BCUT2D eigenvalue weighted by Crippen LogP contribution is -2.06. The monoisotopic (exact) mass is 729 g/mol. The lowest BCUT2D eigenvalue weighted by atomic mass is 10.00. The molecular formula is C50H27N5S. The number of hydrogen-bond acceptors (Lipinski definition) is 3. The maximum atomic E-state index is 5.73. The van der Waals surface area contributed by atoms with Crippen molar-refractivity contribution in [2.75, 3.05) is 0 Å². The van der Waals surface area contributed by atoms with E-state index < -0.39 is 0 Å². The average molecular weight is 730 g/mol. The van der Waals surface area contributed by atoms with Gasteiger partial charge in [-0.2, -0.15) is 4.98 Å². The molecular weight excluding hydrogens is 703 g/mol. The molecule has 6 heterocycles. The zero-order valence-corrected chi connectivity index (χ0v) is 30.5. The van der Waals surface area contributed by atoms with E-state index in [1.54, 1.807) is 11.3 Å². The number of aromatic nitrogens is 5. The summed E-state index contributed by atoms with van der Waals surface area (Å²) in [5.41, 5.74) is 9.11. The minimum absolute atomic E-state index is 0.663. The van der Waals surface area contributed by atoms with E-state index in [-0.39, 0.29) is 0 Å². The highest BCUT2D eigenvalue weighted by Gasteiger charge is 2.27. The molecule has 0 bridgehead atoms. The Hall–Kier alpha value is -7.28. The van der Waals surface area contributed by atoms with E-state index in [0.29, 0.717) is 5.95 Å². The Morgan fingerprint density at radius 3 is 1.68 bits per heavy atom. The Morgan fingerprint density at radius 2 is 0.946 bits per heavy atom. The van der Waals surface area contributed by atoms with Crippen molar-refractivity contribution in [3.05, 3.63) is 164 Å². The summed E-state index contributed by atoms with van der Waals surface area (Å²) in [6, 6.07) is 59.5. The molecule has 0 saturated heterocycles. The molecule has 14 aromatic rings. The second kappa shape index (κ2) is 10.3. The van der Waals surface area contributed by atoms with Crippen molar-refractivity contribution in [1.82, 2.24) is 23.5 Å². The SMILES string of the molecule is c1ccc2c(c1)ccc1c2c2c3c(cc4c5ccccc5n1c42)c1ccccc1n3-c1nc(-n2c3ccccc3c3ccccc32)c2sc3ccccc3c2n1. The fourth-order valence-electron chi connectivity index (χ4n) is 9.94. The summed E-state index contributed by atoms with van der Waals surface area (Å²) >= 11 is 1.77. The average Bonchev–Trinajstić information content (AvgIpc) is 4.05. The van der Waals surface area contributed by atoms with E-state index >= 15 is 0 Å². The van der Waals surface area contributed by atoms with Crippen LogP contribution in [0.4, 0.5) is 0 Å². The summed E-state index contributed by atoms with van der Waals surface area (Å²) in [5, 5.41) is 13.4. The van der Waals surface area contributed by atoms with Crippen LogP contribution in [0.15, 0.2) is 164 Å². The van der Waals surface area contributed by atoms with Crippen LogP contribution < -0.4 is 0 Å². The van der Waals surface area contributed by atoms with Crippen molar-refractivity contribution in [1.29, 1.82) is 0 Å². The van der Waals surface area contributed by atoms with Gasteiger partial charge in [-0.25, -0.2) is 4.98 Å². The lowest BCUT2D eigenvalue weighted by molar-refractivity contribution is 0.978. The molecule has 0 N–H and O–H groups in total. The van der Waals surface area contributed by atoms with Crippen LogP contribution in [0.3, 0.4) is 0 Å². The number of para-hydroxylation sites is 4. The third kappa shape index (κ3) is 3.47. The van der Waals surface area contributed by atoms with Crippen LogP contribution >= 0.6 is 11.3 Å². The second-order valence-corrected chi connectivity index (χ2v) is 16.0. The number of benzene rings is 8. The van der Waals surface area contributed by atoms with E-state index in [0.717, 1.165) is 43.5 Å². The van der Waals surface area contributed by atoms with Crippen molar-refractivity contribution in [3.63, 3.8) is 0 Å². The minimum Gasteiger partial charge on any atom is -0.308 e. The molecule has 0 atom stereocenters. The molecule has 14 rings (SSSR count). The normalized spacial score (nSPS) is 12.6. The fourth-order valence-corrected chi connectivity index (χ4v) is 11.1. The van der Waals surface area contributed by atoms with Crippen molar-refractivity contribution >= 4 is 124 Å². The number of fused-ring (bicyclic) bond motifs is 18. The standard InChI is InChI=1S/C50H27N5S/c1-2-14-29-28(13-1)25-26-41-43(29)44-46-35(32-17-5-8-20-37(32)53(41)46)27-36-33-18-6-11-23-40(33)55(47(36)44)50-51-45-34-19-7-12-24-42(34)56-48(45)49(52-50)54-38-21-9-3-15-30(38)31-16-4-10-22-39(31)54/h1-27H. The van der Waals surface area contributed by atoms with Crippen LogP contribution in [0.2, 0.25) is 0 Å². The first-order chi connectivity index (χ1) is 27.8. The molecule has 0 radical (unpaired) electrons. The van der Waals surface area contributed by atoms with Gasteiger partial charge in [0, 0.05) is 53.2 Å². The summed E-state index contributed by atoms with van der Waals surface area (Å²) < 4.78 is 9.48. The Morgan fingerprint density at radius 1 is 0.393 bits per heavy atom. The molecule has 0 aliphatic heterocycles. The molecule has 0 spiro atoms. The summed E-state index contributed by atoms with van der Waals surface area (Å²) in [7, 11) is 0. The number of nitrogens with zero attached hydrogens (tertiary/aromatic N) is 5. The van der Waals surface area contributed by atoms with Gasteiger partial charge < -0.3 is 4.40 Å². The summed E-state index contributed by atoms with van der Waals surface area (Å²) in [6.07, 6.45) is 0. The topological polar surface area (TPSA) is 40.0 Å². The highest BCUT2D eigenvalue weighted by atomic mass is 32.1. The van der Waals surface area contributed by atoms with Crippen LogP contribution in [0, 0.1) is 0 Å². The third-order valence-electron chi connectivity index (χ3n) is 12.2. The molecule has 5 nitrogen and oxygen atoms in total. The summed E-state index contributed by atoms with van der Waals surface area (Å²) in [5.74, 6) is 1.56. The minimum atomic E-state index is 0.663. The lowest BCUT2D eigenvalue weighted by Gasteiger charge is -2.13.